The van der Waals surface area contributed by atoms with E-state index in [0.717, 1.165) is 25.7 Å². The van der Waals surface area contributed by atoms with E-state index in [-0.39, 0.29) is 28.8 Å². The summed E-state index contributed by atoms with van der Waals surface area (Å²) in [5.74, 6) is -0.138. The van der Waals surface area contributed by atoms with Crippen molar-refractivity contribution in [3.63, 3.8) is 0 Å². The molecule has 4 fully saturated rings. The predicted octanol–water partition coefficient (Wildman–Crippen LogP) is 3.37. The molecular weight excluding hydrogens is 304 g/mol. The molecule has 4 aliphatic rings. The van der Waals surface area contributed by atoms with Crippen molar-refractivity contribution in [3.05, 3.63) is 11.6 Å². The quantitative estimate of drug-likeness (QED) is 0.688. The van der Waals surface area contributed by atoms with Gasteiger partial charge in [0.05, 0.1) is 11.7 Å². The number of hydrogen-bond acceptors (Lipinski definition) is 3. The van der Waals surface area contributed by atoms with E-state index in [1.54, 1.807) is 6.92 Å². The van der Waals surface area contributed by atoms with Crippen LogP contribution in [-0.4, -0.2) is 33.0 Å². The fourth-order valence-corrected chi connectivity index (χ4v) is 6.64. The van der Waals surface area contributed by atoms with Gasteiger partial charge >= 0.3 is 5.97 Å². The molecule has 6 atom stereocenters. The summed E-state index contributed by atoms with van der Waals surface area (Å²) in [6.45, 7) is 8.27. The number of rotatable bonds is 4. The molecule has 2 bridgehead atoms. The Bertz CT molecular complexity index is 566. The first-order chi connectivity index (χ1) is 11.1. The van der Waals surface area contributed by atoms with Crippen molar-refractivity contribution in [3.8, 4) is 0 Å². The van der Waals surface area contributed by atoms with Crippen molar-refractivity contribution < 1.29 is 20.1 Å². The van der Waals surface area contributed by atoms with Gasteiger partial charge in [0.15, 0.2) is 0 Å². The van der Waals surface area contributed by atoms with Crippen LogP contribution in [0.4, 0.5) is 0 Å². The number of fused-ring (bicyclic) bond motifs is 2. The van der Waals surface area contributed by atoms with Crippen LogP contribution in [0.5, 0.6) is 0 Å². The third kappa shape index (κ3) is 2.22. The van der Waals surface area contributed by atoms with E-state index in [1.165, 1.54) is 0 Å². The van der Waals surface area contributed by atoms with Gasteiger partial charge < -0.3 is 15.3 Å². The Balaban J connectivity index is 1.92. The number of carboxylic acid groups (broad SMARTS) is 1. The molecule has 3 N–H and O–H groups in total. The Morgan fingerprint density at radius 1 is 1.29 bits per heavy atom. The molecule has 4 saturated carbocycles. The molecule has 0 saturated heterocycles. The average Bonchev–Trinajstić information content (AvgIpc) is 2.74. The predicted molar refractivity (Wildman–Crippen MR) is 92.4 cm³/mol. The second-order valence-corrected chi connectivity index (χ2v) is 9.25. The standard InChI is InChI=1S/C20H32O4/c1-12(17(22)23)6-5-7-16-18(3,4)14-10-20(24)13(2)8-9-19(16,20)11-15(14)21/h6,13-16,21,24H,5,7-11H2,1-4H3,(H,22,23). The topological polar surface area (TPSA) is 77.8 Å². The van der Waals surface area contributed by atoms with Gasteiger partial charge in [-0.3, -0.25) is 0 Å². The first kappa shape index (κ1) is 17.9. The highest BCUT2D eigenvalue weighted by Gasteiger charge is 2.72. The minimum Gasteiger partial charge on any atom is -0.478 e. The molecule has 0 radical (unpaired) electrons. The number of aliphatic hydroxyl groups excluding tert-OH is 1. The Morgan fingerprint density at radius 3 is 2.58 bits per heavy atom. The monoisotopic (exact) mass is 336 g/mol. The van der Waals surface area contributed by atoms with Gasteiger partial charge in [-0.25, -0.2) is 4.79 Å². The summed E-state index contributed by atoms with van der Waals surface area (Å²) < 4.78 is 0. The smallest absolute Gasteiger partial charge is 0.330 e. The van der Waals surface area contributed by atoms with Crippen LogP contribution in [0.3, 0.4) is 0 Å². The van der Waals surface area contributed by atoms with Gasteiger partial charge in [0.1, 0.15) is 0 Å². The lowest BCUT2D eigenvalue weighted by atomic mass is 9.39. The fourth-order valence-electron chi connectivity index (χ4n) is 6.64. The molecule has 0 aromatic rings. The number of carboxylic acids is 1. The van der Waals surface area contributed by atoms with Crippen molar-refractivity contribution >= 4 is 5.97 Å². The summed E-state index contributed by atoms with van der Waals surface area (Å²) in [5, 5.41) is 31.3. The Hall–Kier alpha value is -0.870. The van der Waals surface area contributed by atoms with Gasteiger partial charge in [-0.1, -0.05) is 26.8 Å². The highest BCUT2D eigenvalue weighted by atomic mass is 16.4. The number of aliphatic carboxylic acids is 1. The molecule has 136 valence electrons. The molecule has 0 aromatic carbocycles. The molecule has 0 aliphatic heterocycles. The van der Waals surface area contributed by atoms with Crippen molar-refractivity contribution in [1.29, 1.82) is 0 Å². The van der Waals surface area contributed by atoms with Gasteiger partial charge in [-0.2, -0.15) is 0 Å². The Kier molecular flexibility index (Phi) is 4.16. The number of aliphatic hydroxyl groups is 2. The van der Waals surface area contributed by atoms with Gasteiger partial charge in [0.25, 0.3) is 0 Å². The Labute approximate surface area is 145 Å². The van der Waals surface area contributed by atoms with Crippen molar-refractivity contribution in [1.82, 2.24) is 0 Å². The summed E-state index contributed by atoms with van der Waals surface area (Å²) >= 11 is 0. The van der Waals surface area contributed by atoms with Crippen LogP contribution in [0.15, 0.2) is 11.6 Å². The fraction of sp³-hybridized carbons (Fsp3) is 0.850. The lowest BCUT2D eigenvalue weighted by molar-refractivity contribution is -0.270. The first-order valence-corrected chi connectivity index (χ1v) is 9.37. The van der Waals surface area contributed by atoms with Gasteiger partial charge in [-0.15, -0.1) is 0 Å². The Morgan fingerprint density at radius 2 is 1.96 bits per heavy atom. The second kappa shape index (κ2) is 5.57. The van der Waals surface area contributed by atoms with Crippen molar-refractivity contribution in [2.75, 3.05) is 0 Å². The molecule has 4 aliphatic carbocycles. The van der Waals surface area contributed by atoms with Gasteiger partial charge in [0, 0.05) is 11.0 Å². The second-order valence-electron chi connectivity index (χ2n) is 9.25. The molecule has 0 amide bonds. The van der Waals surface area contributed by atoms with Crippen LogP contribution >= 0.6 is 0 Å². The van der Waals surface area contributed by atoms with Crippen molar-refractivity contribution in [2.45, 2.75) is 77.9 Å². The molecule has 1 spiro atoms. The van der Waals surface area contributed by atoms with E-state index in [2.05, 4.69) is 20.8 Å². The third-order valence-electron chi connectivity index (χ3n) is 8.03. The number of carbonyl (C=O) groups is 1. The average molecular weight is 336 g/mol. The van der Waals surface area contributed by atoms with E-state index in [4.69, 9.17) is 5.11 Å². The summed E-state index contributed by atoms with van der Waals surface area (Å²) in [6.07, 6.45) is 6.51. The summed E-state index contributed by atoms with van der Waals surface area (Å²) in [5.41, 5.74) is -0.516. The molecule has 4 nitrogen and oxygen atoms in total. The highest BCUT2D eigenvalue weighted by Crippen LogP contribution is 2.73. The highest BCUT2D eigenvalue weighted by molar-refractivity contribution is 5.85. The van der Waals surface area contributed by atoms with E-state index in [9.17, 15) is 15.0 Å². The zero-order chi connectivity index (χ0) is 17.9. The first-order valence-electron chi connectivity index (χ1n) is 9.37. The molecule has 0 heterocycles. The molecule has 4 rings (SSSR count). The van der Waals surface area contributed by atoms with E-state index >= 15 is 0 Å². The largest absolute Gasteiger partial charge is 0.478 e. The number of allylic oxidation sites excluding steroid dienone is 1. The lowest BCUT2D eigenvalue weighted by Gasteiger charge is -2.68. The van der Waals surface area contributed by atoms with E-state index in [0.29, 0.717) is 24.3 Å². The maximum atomic E-state index is 11.6. The van der Waals surface area contributed by atoms with Crippen LogP contribution in [0.25, 0.3) is 0 Å². The van der Waals surface area contributed by atoms with Gasteiger partial charge in [-0.05, 0) is 68.6 Å². The van der Waals surface area contributed by atoms with Crippen LogP contribution < -0.4 is 0 Å². The third-order valence-corrected chi connectivity index (χ3v) is 8.03. The molecule has 24 heavy (non-hydrogen) atoms. The zero-order valence-corrected chi connectivity index (χ0v) is 15.4. The normalized spacial score (nSPS) is 46.8. The van der Waals surface area contributed by atoms with E-state index < -0.39 is 11.6 Å². The minimum absolute atomic E-state index is 0.0288. The SMILES string of the molecule is CC(=CCCC1C(C)(C)C2CC3(O)C(C)CCC13CC2O)C(=O)O. The van der Waals surface area contributed by atoms with Crippen LogP contribution in [-0.2, 0) is 4.79 Å². The minimum atomic E-state index is -0.862. The van der Waals surface area contributed by atoms with Crippen LogP contribution in [0.1, 0.15) is 66.2 Å². The zero-order valence-electron chi connectivity index (χ0n) is 15.4. The maximum Gasteiger partial charge on any atom is 0.330 e. The van der Waals surface area contributed by atoms with Crippen molar-refractivity contribution in [2.24, 2.45) is 28.6 Å². The number of hydrogen-bond donors (Lipinski definition) is 3. The molecular formula is C20H32O4. The van der Waals surface area contributed by atoms with E-state index in [1.807, 2.05) is 6.08 Å². The maximum absolute atomic E-state index is 11.6. The van der Waals surface area contributed by atoms with Gasteiger partial charge in [0.2, 0.25) is 0 Å². The lowest BCUT2D eigenvalue weighted by Crippen LogP contribution is -2.69. The summed E-state index contributed by atoms with van der Waals surface area (Å²) in [6, 6.07) is 0. The van der Waals surface area contributed by atoms with Crippen LogP contribution in [0, 0.1) is 28.6 Å². The van der Waals surface area contributed by atoms with Crippen LogP contribution in [0.2, 0.25) is 0 Å². The summed E-state index contributed by atoms with van der Waals surface area (Å²) in [4.78, 5) is 11.0. The molecule has 4 heteroatoms. The summed E-state index contributed by atoms with van der Waals surface area (Å²) in [7, 11) is 0. The molecule has 6 unspecified atom stereocenters. The molecule has 0 aromatic heterocycles.